The highest BCUT2D eigenvalue weighted by atomic mass is 16.1. The van der Waals surface area contributed by atoms with Gasteiger partial charge in [0, 0.05) is 6.42 Å². The molecule has 1 heterocycles. The standard InChI is InChI=1S/C10H10NO/c12-10-7-6-9(11-10)8-4-2-1-3-5-8/h1-2,4-5,9H,6-7H2,(H,11,12). The SMILES string of the molecule is O=C1CCC(c2c[c]ccc2)N1. The minimum atomic E-state index is 0.156. The molecule has 61 valence electrons. The molecule has 0 spiro atoms. The van der Waals surface area contributed by atoms with E-state index in [2.05, 4.69) is 11.4 Å². The van der Waals surface area contributed by atoms with Crippen molar-refractivity contribution in [2.45, 2.75) is 18.9 Å². The van der Waals surface area contributed by atoms with Crippen LogP contribution in [0.15, 0.2) is 24.3 Å². The lowest BCUT2D eigenvalue weighted by Gasteiger charge is -2.08. The Hall–Kier alpha value is -1.31. The number of hydrogen-bond donors (Lipinski definition) is 1. The Morgan fingerprint density at radius 1 is 1.58 bits per heavy atom. The van der Waals surface area contributed by atoms with Crippen LogP contribution in [-0.2, 0) is 4.79 Å². The smallest absolute Gasteiger partial charge is 0.220 e. The number of amides is 1. The van der Waals surface area contributed by atoms with Gasteiger partial charge in [0.15, 0.2) is 0 Å². The third-order valence-corrected chi connectivity index (χ3v) is 2.13. The highest BCUT2D eigenvalue weighted by Crippen LogP contribution is 2.22. The van der Waals surface area contributed by atoms with Crippen LogP contribution in [0.25, 0.3) is 0 Å². The number of rotatable bonds is 1. The summed E-state index contributed by atoms with van der Waals surface area (Å²) in [5, 5.41) is 2.91. The Morgan fingerprint density at radius 2 is 2.50 bits per heavy atom. The van der Waals surface area contributed by atoms with E-state index in [-0.39, 0.29) is 11.9 Å². The van der Waals surface area contributed by atoms with Crippen molar-refractivity contribution >= 4 is 5.91 Å². The molecule has 1 saturated heterocycles. The molecule has 2 rings (SSSR count). The third-order valence-electron chi connectivity index (χ3n) is 2.13. The largest absolute Gasteiger partial charge is 0.349 e. The van der Waals surface area contributed by atoms with E-state index in [1.165, 1.54) is 0 Å². The second kappa shape index (κ2) is 2.97. The summed E-state index contributed by atoms with van der Waals surface area (Å²) in [7, 11) is 0. The van der Waals surface area contributed by atoms with E-state index in [4.69, 9.17) is 0 Å². The fourth-order valence-electron chi connectivity index (χ4n) is 1.49. The average Bonchev–Trinajstić information content (AvgIpc) is 2.54. The van der Waals surface area contributed by atoms with E-state index in [0.717, 1.165) is 12.0 Å². The van der Waals surface area contributed by atoms with Crippen molar-refractivity contribution in [3.63, 3.8) is 0 Å². The van der Waals surface area contributed by atoms with Gasteiger partial charge in [-0.15, -0.1) is 0 Å². The summed E-state index contributed by atoms with van der Waals surface area (Å²) in [4.78, 5) is 10.9. The first-order valence-corrected chi connectivity index (χ1v) is 4.11. The van der Waals surface area contributed by atoms with Crippen LogP contribution < -0.4 is 5.32 Å². The van der Waals surface area contributed by atoms with Gasteiger partial charge in [-0.3, -0.25) is 4.79 Å². The maximum atomic E-state index is 10.9. The van der Waals surface area contributed by atoms with Crippen LogP contribution in [-0.4, -0.2) is 5.91 Å². The maximum absolute atomic E-state index is 10.9. The molecule has 1 fully saturated rings. The summed E-state index contributed by atoms with van der Waals surface area (Å²) in [6.07, 6.45) is 1.57. The van der Waals surface area contributed by atoms with E-state index in [9.17, 15) is 4.79 Å². The molecule has 0 aromatic heterocycles. The molecule has 2 heteroatoms. The molecule has 2 nitrogen and oxygen atoms in total. The van der Waals surface area contributed by atoms with Crippen molar-refractivity contribution in [3.05, 3.63) is 35.9 Å². The van der Waals surface area contributed by atoms with E-state index in [1.54, 1.807) is 0 Å². The van der Waals surface area contributed by atoms with E-state index >= 15 is 0 Å². The zero-order valence-corrected chi connectivity index (χ0v) is 6.71. The second-order valence-electron chi connectivity index (χ2n) is 3.00. The summed E-state index contributed by atoms with van der Waals surface area (Å²) in [6.45, 7) is 0. The minimum Gasteiger partial charge on any atom is -0.349 e. The lowest BCUT2D eigenvalue weighted by atomic mass is 10.1. The minimum absolute atomic E-state index is 0.156. The zero-order valence-electron chi connectivity index (χ0n) is 6.71. The van der Waals surface area contributed by atoms with Gasteiger partial charge in [0.25, 0.3) is 0 Å². The van der Waals surface area contributed by atoms with Crippen molar-refractivity contribution in [3.8, 4) is 0 Å². The highest BCUT2D eigenvalue weighted by molar-refractivity contribution is 5.78. The third kappa shape index (κ3) is 1.33. The fraction of sp³-hybridized carbons (Fsp3) is 0.300. The summed E-state index contributed by atoms with van der Waals surface area (Å²) in [6, 6.07) is 11.0. The molecule has 1 aromatic carbocycles. The molecule has 0 bridgehead atoms. The monoisotopic (exact) mass is 160 g/mol. The molecule has 1 radical (unpaired) electrons. The predicted molar refractivity (Wildman–Crippen MR) is 45.4 cm³/mol. The Bertz CT molecular complexity index is 281. The van der Waals surface area contributed by atoms with Crippen molar-refractivity contribution in [1.29, 1.82) is 0 Å². The molecule has 1 aliphatic heterocycles. The van der Waals surface area contributed by atoms with Crippen molar-refractivity contribution in [1.82, 2.24) is 5.32 Å². The van der Waals surface area contributed by atoms with E-state index < -0.39 is 0 Å². The van der Waals surface area contributed by atoms with Gasteiger partial charge in [0.1, 0.15) is 0 Å². The number of carbonyl (C=O) groups excluding carboxylic acids is 1. The van der Waals surface area contributed by atoms with Gasteiger partial charge < -0.3 is 5.32 Å². The highest BCUT2D eigenvalue weighted by Gasteiger charge is 2.21. The average molecular weight is 160 g/mol. The molecule has 0 aliphatic carbocycles. The summed E-state index contributed by atoms with van der Waals surface area (Å²) < 4.78 is 0. The molecular formula is C10H10NO. The van der Waals surface area contributed by atoms with Crippen molar-refractivity contribution in [2.75, 3.05) is 0 Å². The van der Waals surface area contributed by atoms with Crippen LogP contribution >= 0.6 is 0 Å². The van der Waals surface area contributed by atoms with Crippen molar-refractivity contribution in [2.24, 2.45) is 0 Å². The molecule has 12 heavy (non-hydrogen) atoms. The van der Waals surface area contributed by atoms with Crippen LogP contribution in [0.2, 0.25) is 0 Å². The van der Waals surface area contributed by atoms with Gasteiger partial charge in [-0.25, -0.2) is 0 Å². The molecule has 1 aromatic rings. The normalized spacial score (nSPS) is 22.3. The lowest BCUT2D eigenvalue weighted by molar-refractivity contribution is -0.119. The lowest BCUT2D eigenvalue weighted by Crippen LogP contribution is -2.17. The van der Waals surface area contributed by atoms with Crippen LogP contribution in [0.3, 0.4) is 0 Å². The van der Waals surface area contributed by atoms with E-state index in [0.29, 0.717) is 6.42 Å². The molecule has 1 N–H and O–H groups in total. The van der Waals surface area contributed by atoms with Crippen LogP contribution in [0.4, 0.5) is 0 Å². The Balaban J connectivity index is 2.16. The zero-order chi connectivity index (χ0) is 8.39. The topological polar surface area (TPSA) is 29.1 Å². The molecular weight excluding hydrogens is 150 g/mol. The van der Waals surface area contributed by atoms with Crippen LogP contribution in [0.5, 0.6) is 0 Å². The first kappa shape index (κ1) is 7.35. The fourth-order valence-corrected chi connectivity index (χ4v) is 1.49. The Morgan fingerprint density at radius 3 is 3.08 bits per heavy atom. The Kier molecular flexibility index (Phi) is 1.82. The van der Waals surface area contributed by atoms with Crippen LogP contribution in [0.1, 0.15) is 24.4 Å². The second-order valence-corrected chi connectivity index (χ2v) is 3.00. The number of nitrogens with one attached hydrogen (secondary N) is 1. The molecule has 1 amide bonds. The van der Waals surface area contributed by atoms with Gasteiger partial charge in [-0.05, 0) is 24.1 Å². The quantitative estimate of drug-likeness (QED) is 0.661. The summed E-state index contributed by atoms with van der Waals surface area (Å²) in [5.41, 5.74) is 1.16. The molecule has 1 atom stereocenters. The maximum Gasteiger partial charge on any atom is 0.220 e. The van der Waals surface area contributed by atoms with Gasteiger partial charge in [0.2, 0.25) is 5.91 Å². The predicted octanol–water partition coefficient (Wildman–Crippen LogP) is 1.44. The summed E-state index contributed by atoms with van der Waals surface area (Å²) in [5.74, 6) is 0.156. The summed E-state index contributed by atoms with van der Waals surface area (Å²) >= 11 is 0. The Labute approximate surface area is 71.6 Å². The van der Waals surface area contributed by atoms with Crippen LogP contribution in [0, 0.1) is 6.07 Å². The van der Waals surface area contributed by atoms with Gasteiger partial charge in [-0.1, -0.05) is 18.2 Å². The molecule has 0 saturated carbocycles. The first-order chi connectivity index (χ1) is 5.86. The number of hydrogen-bond acceptors (Lipinski definition) is 1. The molecule has 1 unspecified atom stereocenters. The van der Waals surface area contributed by atoms with Crippen molar-refractivity contribution < 1.29 is 4.79 Å². The first-order valence-electron chi connectivity index (χ1n) is 4.11. The van der Waals surface area contributed by atoms with Gasteiger partial charge in [-0.2, -0.15) is 0 Å². The van der Waals surface area contributed by atoms with Gasteiger partial charge in [0.05, 0.1) is 6.04 Å². The number of carbonyl (C=O) groups is 1. The molecule has 1 aliphatic rings. The van der Waals surface area contributed by atoms with E-state index in [1.807, 2.05) is 24.3 Å². The van der Waals surface area contributed by atoms with Gasteiger partial charge >= 0.3 is 0 Å². The number of benzene rings is 1.